The van der Waals surface area contributed by atoms with E-state index in [-0.39, 0.29) is 6.61 Å². The molecule has 3 nitrogen and oxygen atoms in total. The first-order valence-corrected chi connectivity index (χ1v) is 5.63. The van der Waals surface area contributed by atoms with E-state index in [9.17, 15) is 5.11 Å². The van der Waals surface area contributed by atoms with Crippen molar-refractivity contribution in [3.05, 3.63) is 46.6 Å². The van der Waals surface area contributed by atoms with Gasteiger partial charge in [0.25, 0.3) is 0 Å². The highest BCUT2D eigenvalue weighted by Crippen LogP contribution is 2.23. The average Bonchev–Trinajstić information content (AvgIpc) is 2.32. The lowest BCUT2D eigenvalue weighted by atomic mass is 10.0. The molecule has 2 rings (SSSR count). The molecule has 0 saturated carbocycles. The van der Waals surface area contributed by atoms with Crippen LogP contribution in [-0.4, -0.2) is 15.3 Å². The Kier molecular flexibility index (Phi) is 3.20. The van der Waals surface area contributed by atoms with Gasteiger partial charge < -0.3 is 5.11 Å². The van der Waals surface area contributed by atoms with Crippen molar-refractivity contribution in [1.82, 2.24) is 10.2 Å². The minimum Gasteiger partial charge on any atom is -0.392 e. The molecular formula is C14H16N2O. The molecule has 3 heteroatoms. The Balaban J connectivity index is 2.55. The van der Waals surface area contributed by atoms with Gasteiger partial charge in [-0.2, -0.15) is 5.10 Å². The van der Waals surface area contributed by atoms with Gasteiger partial charge in [-0.1, -0.05) is 12.1 Å². The third-order valence-corrected chi connectivity index (χ3v) is 2.95. The summed E-state index contributed by atoms with van der Waals surface area (Å²) >= 11 is 0. The van der Waals surface area contributed by atoms with Crippen LogP contribution in [0.3, 0.4) is 0 Å². The zero-order valence-corrected chi connectivity index (χ0v) is 10.4. The first-order chi connectivity index (χ1) is 8.11. The van der Waals surface area contributed by atoms with E-state index in [1.165, 1.54) is 11.1 Å². The molecule has 17 heavy (non-hydrogen) atoms. The van der Waals surface area contributed by atoms with Gasteiger partial charge in [0.2, 0.25) is 0 Å². The van der Waals surface area contributed by atoms with Crippen LogP contribution in [0.4, 0.5) is 0 Å². The van der Waals surface area contributed by atoms with Gasteiger partial charge in [0.1, 0.15) is 0 Å². The monoisotopic (exact) mass is 228 g/mol. The number of aryl methyl sites for hydroxylation is 3. The maximum Gasteiger partial charge on any atom is 0.0985 e. The third-order valence-electron chi connectivity index (χ3n) is 2.95. The molecule has 1 N–H and O–H groups in total. The van der Waals surface area contributed by atoms with Crippen LogP contribution in [0.2, 0.25) is 0 Å². The first-order valence-electron chi connectivity index (χ1n) is 5.63. The number of aliphatic hydroxyl groups is 1. The minimum absolute atomic E-state index is 0.0153. The molecule has 0 aliphatic carbocycles. The number of nitrogens with zero attached hydrogens (tertiary/aromatic N) is 2. The van der Waals surface area contributed by atoms with Gasteiger partial charge in [-0.05, 0) is 44.0 Å². The number of hydrogen-bond acceptors (Lipinski definition) is 3. The number of aromatic nitrogens is 2. The summed E-state index contributed by atoms with van der Waals surface area (Å²) in [7, 11) is 0. The molecule has 0 bridgehead atoms. The topological polar surface area (TPSA) is 46.0 Å². The summed E-state index contributed by atoms with van der Waals surface area (Å²) < 4.78 is 0. The highest BCUT2D eigenvalue weighted by atomic mass is 16.3. The van der Waals surface area contributed by atoms with Crippen molar-refractivity contribution >= 4 is 0 Å². The van der Waals surface area contributed by atoms with Gasteiger partial charge in [-0.3, -0.25) is 0 Å². The highest BCUT2D eigenvalue weighted by Gasteiger charge is 2.08. The Morgan fingerprint density at radius 2 is 1.76 bits per heavy atom. The summed E-state index contributed by atoms with van der Waals surface area (Å²) in [6, 6.07) is 8.03. The Morgan fingerprint density at radius 3 is 2.41 bits per heavy atom. The van der Waals surface area contributed by atoms with Crippen LogP contribution < -0.4 is 0 Å². The second-order valence-electron chi connectivity index (χ2n) is 4.32. The van der Waals surface area contributed by atoms with Crippen LogP contribution in [0.5, 0.6) is 0 Å². The van der Waals surface area contributed by atoms with Crippen LogP contribution in [-0.2, 0) is 6.61 Å². The number of hydrogen-bond donors (Lipinski definition) is 1. The minimum atomic E-state index is -0.0153. The molecule has 1 aromatic heterocycles. The molecule has 0 unspecified atom stereocenters. The van der Waals surface area contributed by atoms with Crippen LogP contribution in [0, 0.1) is 20.8 Å². The molecular weight excluding hydrogens is 212 g/mol. The first kappa shape index (κ1) is 11.7. The summed E-state index contributed by atoms with van der Waals surface area (Å²) in [6.07, 6.45) is 0. The van der Waals surface area contributed by atoms with Crippen LogP contribution >= 0.6 is 0 Å². The predicted molar refractivity (Wildman–Crippen MR) is 67.6 cm³/mol. The second-order valence-corrected chi connectivity index (χ2v) is 4.32. The van der Waals surface area contributed by atoms with Crippen molar-refractivity contribution in [3.63, 3.8) is 0 Å². The summed E-state index contributed by atoms with van der Waals surface area (Å²) in [5.74, 6) is 0. The van der Waals surface area contributed by atoms with E-state index in [4.69, 9.17) is 0 Å². The smallest absolute Gasteiger partial charge is 0.0985 e. The Bertz CT molecular complexity index is 550. The largest absolute Gasteiger partial charge is 0.392 e. The molecule has 0 spiro atoms. The van der Waals surface area contributed by atoms with Gasteiger partial charge in [0.05, 0.1) is 18.0 Å². The Morgan fingerprint density at radius 1 is 1.00 bits per heavy atom. The van der Waals surface area contributed by atoms with E-state index in [1.54, 1.807) is 0 Å². The zero-order chi connectivity index (χ0) is 12.4. The van der Waals surface area contributed by atoms with Crippen LogP contribution in [0.1, 0.15) is 22.4 Å². The van der Waals surface area contributed by atoms with E-state index in [2.05, 4.69) is 36.2 Å². The molecule has 0 saturated heterocycles. The highest BCUT2D eigenvalue weighted by molar-refractivity contribution is 5.64. The van der Waals surface area contributed by atoms with Crippen LogP contribution in [0.25, 0.3) is 11.3 Å². The fraction of sp³-hybridized carbons (Fsp3) is 0.286. The lowest BCUT2D eigenvalue weighted by molar-refractivity contribution is 0.281. The van der Waals surface area contributed by atoms with E-state index < -0.39 is 0 Å². The van der Waals surface area contributed by atoms with Gasteiger partial charge in [-0.15, -0.1) is 5.10 Å². The molecule has 0 radical (unpaired) electrons. The number of benzene rings is 1. The van der Waals surface area contributed by atoms with Gasteiger partial charge in [-0.25, -0.2) is 0 Å². The summed E-state index contributed by atoms with van der Waals surface area (Å²) in [5, 5.41) is 17.6. The zero-order valence-electron chi connectivity index (χ0n) is 10.4. The van der Waals surface area contributed by atoms with Gasteiger partial charge >= 0.3 is 0 Å². The number of aliphatic hydroxyl groups excluding tert-OH is 1. The molecule has 1 heterocycles. The standard InChI is InChI=1S/C14H16N2O/c1-9-4-5-12(6-10(9)2)14-13(8-17)7-11(3)15-16-14/h4-7,17H,8H2,1-3H3. The van der Waals surface area contributed by atoms with Crippen LogP contribution in [0.15, 0.2) is 24.3 Å². The summed E-state index contributed by atoms with van der Waals surface area (Å²) in [4.78, 5) is 0. The molecule has 0 aliphatic rings. The van der Waals surface area contributed by atoms with E-state index in [0.717, 1.165) is 22.5 Å². The molecule has 0 fully saturated rings. The van der Waals surface area contributed by atoms with E-state index in [0.29, 0.717) is 0 Å². The SMILES string of the molecule is Cc1cc(CO)c(-c2ccc(C)c(C)c2)nn1. The normalized spacial score (nSPS) is 10.6. The summed E-state index contributed by atoms with van der Waals surface area (Å²) in [5.41, 5.74) is 5.88. The van der Waals surface area contributed by atoms with Crippen molar-refractivity contribution in [2.24, 2.45) is 0 Å². The quantitative estimate of drug-likeness (QED) is 0.859. The maximum absolute atomic E-state index is 9.36. The lowest BCUT2D eigenvalue weighted by Gasteiger charge is -2.08. The van der Waals surface area contributed by atoms with E-state index in [1.807, 2.05) is 19.1 Å². The van der Waals surface area contributed by atoms with Crippen molar-refractivity contribution in [3.8, 4) is 11.3 Å². The van der Waals surface area contributed by atoms with Crippen molar-refractivity contribution in [1.29, 1.82) is 0 Å². The van der Waals surface area contributed by atoms with Crippen molar-refractivity contribution < 1.29 is 5.11 Å². The van der Waals surface area contributed by atoms with Gasteiger partial charge in [0.15, 0.2) is 0 Å². The average molecular weight is 228 g/mol. The molecule has 88 valence electrons. The fourth-order valence-corrected chi connectivity index (χ4v) is 1.79. The Labute approximate surface area is 101 Å². The number of rotatable bonds is 2. The van der Waals surface area contributed by atoms with Crippen molar-refractivity contribution in [2.45, 2.75) is 27.4 Å². The maximum atomic E-state index is 9.36. The molecule has 0 amide bonds. The second kappa shape index (κ2) is 4.63. The predicted octanol–water partition coefficient (Wildman–Crippen LogP) is 2.56. The molecule has 1 aromatic carbocycles. The summed E-state index contributed by atoms with van der Waals surface area (Å²) in [6.45, 7) is 6.00. The molecule has 0 atom stereocenters. The van der Waals surface area contributed by atoms with E-state index >= 15 is 0 Å². The molecule has 0 aliphatic heterocycles. The third kappa shape index (κ3) is 2.34. The Hall–Kier alpha value is -1.74. The van der Waals surface area contributed by atoms with Gasteiger partial charge in [0, 0.05) is 11.1 Å². The van der Waals surface area contributed by atoms with Crippen molar-refractivity contribution in [2.75, 3.05) is 0 Å². The lowest BCUT2D eigenvalue weighted by Crippen LogP contribution is -1.98. The molecule has 2 aromatic rings. The fourth-order valence-electron chi connectivity index (χ4n) is 1.79.